The van der Waals surface area contributed by atoms with Crippen molar-refractivity contribution in [3.05, 3.63) is 58.8 Å². The van der Waals surface area contributed by atoms with Crippen LogP contribution in [0.4, 0.5) is 0 Å². The molecule has 0 aliphatic carbocycles. The quantitative estimate of drug-likeness (QED) is 0.616. The van der Waals surface area contributed by atoms with Gasteiger partial charge in [-0.2, -0.15) is 0 Å². The Kier molecular flexibility index (Phi) is 4.44. The summed E-state index contributed by atoms with van der Waals surface area (Å²) < 4.78 is 12.1. The van der Waals surface area contributed by atoms with Gasteiger partial charge >= 0.3 is 0 Å². The maximum absolute atomic E-state index is 12.3. The average molecular weight is 369 g/mol. The molecule has 5 heteroatoms. The molecule has 0 spiro atoms. The van der Waals surface area contributed by atoms with E-state index in [1.807, 2.05) is 24.3 Å². The highest BCUT2D eigenvalue weighted by molar-refractivity contribution is 6.74. The van der Waals surface area contributed by atoms with Crippen LogP contribution in [0.25, 0.3) is 22.3 Å². The smallest absolute Gasteiger partial charge is 0.250 e. The van der Waals surface area contributed by atoms with Crippen LogP contribution < -0.4 is 9.85 Å². The van der Waals surface area contributed by atoms with Gasteiger partial charge in [-0.25, -0.2) is 0 Å². The van der Waals surface area contributed by atoms with Gasteiger partial charge in [0.05, 0.1) is 5.39 Å². The number of hydrogen-bond acceptors (Lipinski definition) is 4. The van der Waals surface area contributed by atoms with E-state index in [9.17, 15) is 9.90 Å². The van der Waals surface area contributed by atoms with Gasteiger partial charge in [-0.1, -0.05) is 20.8 Å². The van der Waals surface area contributed by atoms with Crippen LogP contribution in [0, 0.1) is 0 Å². The summed E-state index contributed by atoms with van der Waals surface area (Å²) >= 11 is 0. The summed E-state index contributed by atoms with van der Waals surface area (Å²) in [5, 5.41) is 10.2. The summed E-state index contributed by atoms with van der Waals surface area (Å²) in [4.78, 5) is 12.3. The molecule has 0 unspecified atom stereocenters. The van der Waals surface area contributed by atoms with Crippen molar-refractivity contribution in [1.29, 1.82) is 0 Å². The number of aromatic hydroxyl groups is 1. The first-order valence-corrected chi connectivity index (χ1v) is 11.5. The zero-order valence-electron chi connectivity index (χ0n) is 15.8. The second-order valence-electron chi connectivity index (χ2n) is 8.04. The van der Waals surface area contributed by atoms with Gasteiger partial charge in [-0.15, -0.1) is 0 Å². The van der Waals surface area contributed by atoms with Crippen molar-refractivity contribution in [2.75, 3.05) is 0 Å². The van der Waals surface area contributed by atoms with Gasteiger partial charge in [0, 0.05) is 17.7 Å². The predicted molar refractivity (Wildman–Crippen MR) is 107 cm³/mol. The summed E-state index contributed by atoms with van der Waals surface area (Å²) in [6.45, 7) is 11.0. The van der Waals surface area contributed by atoms with Crippen molar-refractivity contribution in [3.63, 3.8) is 0 Å². The lowest BCUT2D eigenvalue weighted by atomic mass is 10.1. The Morgan fingerprint density at radius 3 is 2.27 bits per heavy atom. The molecule has 1 aromatic heterocycles. The first-order valence-electron chi connectivity index (χ1n) is 8.63. The van der Waals surface area contributed by atoms with E-state index < -0.39 is 8.32 Å². The van der Waals surface area contributed by atoms with Gasteiger partial charge in [-0.05, 0) is 54.5 Å². The van der Waals surface area contributed by atoms with Crippen LogP contribution >= 0.6 is 0 Å². The molecule has 0 saturated carbocycles. The Morgan fingerprint density at radius 1 is 1.00 bits per heavy atom. The Hall–Kier alpha value is -2.53. The Bertz CT molecular complexity index is 995. The van der Waals surface area contributed by atoms with Crippen molar-refractivity contribution in [3.8, 4) is 22.8 Å². The number of rotatable bonds is 3. The number of hydrogen-bond donors (Lipinski definition) is 1. The van der Waals surface area contributed by atoms with Gasteiger partial charge in [0.25, 0.3) is 0 Å². The largest absolute Gasteiger partial charge is 0.544 e. The van der Waals surface area contributed by atoms with Crippen molar-refractivity contribution in [2.45, 2.75) is 38.9 Å². The van der Waals surface area contributed by atoms with E-state index in [2.05, 4.69) is 33.9 Å². The number of phenols is 1. The SMILES string of the molecule is CC(C)(C)[Si](C)(C)Oc1ccc(-c2cc(=O)c3ccc(O)cc3o2)cc1. The molecule has 0 bridgehead atoms. The van der Waals surface area contributed by atoms with Crippen LogP contribution in [-0.2, 0) is 0 Å². The van der Waals surface area contributed by atoms with Crippen molar-refractivity contribution in [2.24, 2.45) is 0 Å². The molecule has 3 aromatic rings. The normalized spacial score (nSPS) is 12.3. The van der Waals surface area contributed by atoms with Gasteiger partial charge in [-0.3, -0.25) is 4.79 Å². The maximum Gasteiger partial charge on any atom is 0.250 e. The fourth-order valence-electron chi connectivity index (χ4n) is 2.42. The molecule has 4 nitrogen and oxygen atoms in total. The fourth-order valence-corrected chi connectivity index (χ4v) is 3.45. The van der Waals surface area contributed by atoms with Gasteiger partial charge in [0.15, 0.2) is 5.43 Å². The standard InChI is InChI=1S/C21H24O4Si/c1-21(2,3)26(4,5)25-16-9-6-14(7-10-16)19-13-18(23)17-11-8-15(22)12-20(17)24-19/h6-13,22H,1-5H3. The molecule has 1 N–H and O–H groups in total. The molecular weight excluding hydrogens is 344 g/mol. The summed E-state index contributed by atoms with van der Waals surface area (Å²) in [5.41, 5.74) is 1.02. The van der Waals surface area contributed by atoms with Crippen molar-refractivity contribution in [1.82, 2.24) is 0 Å². The molecule has 3 rings (SSSR count). The van der Waals surface area contributed by atoms with E-state index in [1.165, 1.54) is 18.2 Å². The first kappa shape index (κ1) is 18.3. The fraction of sp³-hybridized carbons (Fsp3) is 0.286. The van der Waals surface area contributed by atoms with E-state index in [0.717, 1.165) is 11.3 Å². The van der Waals surface area contributed by atoms with E-state index in [-0.39, 0.29) is 16.2 Å². The molecule has 0 aliphatic heterocycles. The molecule has 1 heterocycles. The second-order valence-corrected chi connectivity index (χ2v) is 12.8. The maximum atomic E-state index is 12.3. The summed E-state index contributed by atoms with van der Waals surface area (Å²) in [6, 6.07) is 13.6. The Morgan fingerprint density at radius 2 is 1.65 bits per heavy atom. The third-order valence-corrected chi connectivity index (χ3v) is 9.39. The number of fused-ring (bicyclic) bond motifs is 1. The Balaban J connectivity index is 1.94. The molecule has 0 fully saturated rings. The molecule has 0 radical (unpaired) electrons. The lowest BCUT2D eigenvalue weighted by molar-refractivity contribution is 0.474. The van der Waals surface area contributed by atoms with Crippen LogP contribution in [0.3, 0.4) is 0 Å². The highest BCUT2D eigenvalue weighted by Crippen LogP contribution is 2.37. The monoisotopic (exact) mass is 368 g/mol. The predicted octanol–water partition coefficient (Wildman–Crippen LogP) is 5.55. The third kappa shape index (κ3) is 3.53. The number of phenolic OH excluding ortho intramolecular Hbond substituents is 1. The van der Waals surface area contributed by atoms with Crippen LogP contribution in [0.1, 0.15) is 20.8 Å². The summed E-state index contributed by atoms with van der Waals surface area (Å²) in [5.74, 6) is 1.35. The highest BCUT2D eigenvalue weighted by atomic mass is 28.4. The van der Waals surface area contributed by atoms with Crippen LogP contribution in [-0.4, -0.2) is 13.4 Å². The molecule has 0 atom stereocenters. The minimum Gasteiger partial charge on any atom is -0.544 e. The Labute approximate surface area is 154 Å². The molecule has 0 amide bonds. The van der Waals surface area contributed by atoms with Gasteiger partial charge in [0.1, 0.15) is 22.8 Å². The topological polar surface area (TPSA) is 59.7 Å². The van der Waals surface area contributed by atoms with E-state index in [1.54, 1.807) is 6.07 Å². The number of benzene rings is 2. The van der Waals surface area contributed by atoms with E-state index in [0.29, 0.717) is 16.7 Å². The average Bonchev–Trinajstić information content (AvgIpc) is 2.53. The van der Waals surface area contributed by atoms with Crippen LogP contribution in [0.15, 0.2) is 57.7 Å². The lowest BCUT2D eigenvalue weighted by Gasteiger charge is -2.36. The van der Waals surface area contributed by atoms with Crippen LogP contribution in [0.5, 0.6) is 11.5 Å². The minimum atomic E-state index is -1.90. The van der Waals surface area contributed by atoms with Crippen molar-refractivity contribution < 1.29 is 13.9 Å². The zero-order chi connectivity index (χ0) is 19.1. The molecule has 136 valence electrons. The molecule has 2 aromatic carbocycles. The van der Waals surface area contributed by atoms with Gasteiger partial charge in [0.2, 0.25) is 8.32 Å². The molecular formula is C21H24O4Si. The van der Waals surface area contributed by atoms with Gasteiger partial charge < -0.3 is 13.9 Å². The van der Waals surface area contributed by atoms with Crippen molar-refractivity contribution >= 4 is 19.3 Å². The minimum absolute atomic E-state index is 0.0657. The lowest BCUT2D eigenvalue weighted by Crippen LogP contribution is -2.43. The second kappa shape index (κ2) is 6.32. The zero-order valence-corrected chi connectivity index (χ0v) is 16.8. The summed E-state index contributed by atoms with van der Waals surface area (Å²) in [7, 11) is -1.90. The molecule has 0 aliphatic rings. The molecule has 26 heavy (non-hydrogen) atoms. The van der Waals surface area contributed by atoms with E-state index in [4.69, 9.17) is 8.84 Å². The highest BCUT2D eigenvalue weighted by Gasteiger charge is 2.38. The third-order valence-electron chi connectivity index (χ3n) is 5.03. The summed E-state index contributed by atoms with van der Waals surface area (Å²) in [6.07, 6.45) is 0. The van der Waals surface area contributed by atoms with Crippen LogP contribution in [0.2, 0.25) is 18.1 Å². The first-order chi connectivity index (χ1) is 12.1. The van der Waals surface area contributed by atoms with E-state index >= 15 is 0 Å². The molecule has 0 saturated heterocycles.